The van der Waals surface area contributed by atoms with Crippen LogP contribution in [-0.2, 0) is 4.74 Å². The first-order chi connectivity index (χ1) is 6.34. The third-order valence-corrected chi connectivity index (χ3v) is 3.07. The first-order valence-electron chi connectivity index (χ1n) is 5.53. The lowest BCUT2D eigenvalue weighted by Crippen LogP contribution is -2.19. The molecule has 0 aliphatic heterocycles. The Morgan fingerprint density at radius 2 is 2.08 bits per heavy atom. The third-order valence-electron chi connectivity index (χ3n) is 3.07. The molecule has 1 unspecified atom stereocenters. The van der Waals surface area contributed by atoms with Gasteiger partial charge in [-0.05, 0) is 11.8 Å². The Morgan fingerprint density at radius 1 is 1.38 bits per heavy atom. The Balaban J connectivity index is 2.13. The van der Waals surface area contributed by atoms with Crippen molar-refractivity contribution in [3.63, 3.8) is 0 Å². The minimum absolute atomic E-state index is 0.705. The van der Waals surface area contributed by atoms with Crippen LogP contribution in [-0.4, -0.2) is 13.2 Å². The zero-order valence-electron chi connectivity index (χ0n) is 8.80. The quantitative estimate of drug-likeness (QED) is 0.467. The number of rotatable bonds is 5. The van der Waals surface area contributed by atoms with E-state index in [2.05, 4.69) is 13.5 Å². The molecule has 1 aliphatic rings. The van der Waals surface area contributed by atoms with Crippen LogP contribution in [0.15, 0.2) is 12.7 Å². The van der Waals surface area contributed by atoms with Gasteiger partial charge in [0, 0.05) is 6.61 Å². The molecule has 1 fully saturated rings. The van der Waals surface area contributed by atoms with Crippen LogP contribution in [0.25, 0.3) is 0 Å². The normalized spacial score (nSPS) is 21.3. The molecule has 0 N–H and O–H groups in total. The van der Waals surface area contributed by atoms with E-state index in [0.717, 1.165) is 18.4 Å². The Kier molecular flexibility index (Phi) is 5.14. The summed E-state index contributed by atoms with van der Waals surface area (Å²) in [5.74, 6) is 1.65. The number of ether oxygens (including phenoxy) is 1. The minimum Gasteiger partial charge on any atom is -0.377 e. The molecule has 0 saturated heterocycles. The first kappa shape index (κ1) is 10.8. The molecule has 1 atom stereocenters. The molecule has 0 aromatic carbocycles. The van der Waals surface area contributed by atoms with Crippen molar-refractivity contribution < 1.29 is 4.74 Å². The fourth-order valence-corrected chi connectivity index (χ4v) is 2.18. The standard InChI is InChI=1S/C12H22O/c1-3-9-13-10-11(2)12-7-5-4-6-8-12/h3,11-12H,1,4-10H2,2H3. The van der Waals surface area contributed by atoms with Gasteiger partial charge in [0.15, 0.2) is 0 Å². The molecule has 1 rings (SSSR count). The van der Waals surface area contributed by atoms with Crippen LogP contribution in [0.3, 0.4) is 0 Å². The van der Waals surface area contributed by atoms with E-state index < -0.39 is 0 Å². The molecule has 0 aromatic rings. The highest BCUT2D eigenvalue weighted by Gasteiger charge is 2.19. The molecule has 0 amide bonds. The smallest absolute Gasteiger partial charge is 0.0644 e. The maximum atomic E-state index is 5.48. The second-order valence-electron chi connectivity index (χ2n) is 4.20. The summed E-state index contributed by atoms with van der Waals surface area (Å²) in [5.41, 5.74) is 0. The van der Waals surface area contributed by atoms with E-state index in [9.17, 15) is 0 Å². The van der Waals surface area contributed by atoms with Gasteiger partial charge in [0.1, 0.15) is 0 Å². The fraction of sp³-hybridized carbons (Fsp3) is 0.833. The van der Waals surface area contributed by atoms with Crippen LogP contribution in [0.2, 0.25) is 0 Å². The van der Waals surface area contributed by atoms with Crippen LogP contribution < -0.4 is 0 Å². The molecular weight excluding hydrogens is 160 g/mol. The highest BCUT2D eigenvalue weighted by atomic mass is 16.5. The average Bonchev–Trinajstić information content (AvgIpc) is 2.19. The van der Waals surface area contributed by atoms with E-state index in [1.807, 2.05) is 6.08 Å². The van der Waals surface area contributed by atoms with Gasteiger partial charge in [-0.3, -0.25) is 0 Å². The second kappa shape index (κ2) is 6.20. The summed E-state index contributed by atoms with van der Waals surface area (Å²) in [6, 6.07) is 0. The van der Waals surface area contributed by atoms with Gasteiger partial charge < -0.3 is 4.74 Å². The summed E-state index contributed by atoms with van der Waals surface area (Å²) in [6.45, 7) is 7.58. The van der Waals surface area contributed by atoms with Gasteiger partial charge in [-0.2, -0.15) is 0 Å². The van der Waals surface area contributed by atoms with Gasteiger partial charge >= 0.3 is 0 Å². The molecule has 13 heavy (non-hydrogen) atoms. The van der Waals surface area contributed by atoms with E-state index in [1.54, 1.807) is 0 Å². The highest BCUT2D eigenvalue weighted by molar-refractivity contribution is 4.71. The Morgan fingerprint density at radius 3 is 2.69 bits per heavy atom. The van der Waals surface area contributed by atoms with Crippen molar-refractivity contribution in [2.24, 2.45) is 11.8 Å². The van der Waals surface area contributed by atoms with E-state index >= 15 is 0 Å². The average molecular weight is 182 g/mol. The molecule has 1 saturated carbocycles. The highest BCUT2D eigenvalue weighted by Crippen LogP contribution is 2.29. The molecule has 1 heteroatoms. The fourth-order valence-electron chi connectivity index (χ4n) is 2.18. The molecular formula is C12H22O. The van der Waals surface area contributed by atoms with Crippen molar-refractivity contribution in [1.82, 2.24) is 0 Å². The number of hydrogen-bond donors (Lipinski definition) is 0. The summed E-state index contributed by atoms with van der Waals surface area (Å²) < 4.78 is 5.48. The summed E-state index contributed by atoms with van der Waals surface area (Å²) in [6.07, 6.45) is 8.95. The lowest BCUT2D eigenvalue weighted by Gasteiger charge is -2.27. The zero-order chi connectivity index (χ0) is 9.52. The van der Waals surface area contributed by atoms with Crippen LogP contribution in [0.1, 0.15) is 39.0 Å². The first-order valence-corrected chi connectivity index (χ1v) is 5.53. The maximum absolute atomic E-state index is 5.48. The van der Waals surface area contributed by atoms with Gasteiger partial charge in [-0.1, -0.05) is 45.1 Å². The Bertz CT molecular complexity index is 136. The Labute approximate surface area is 82.2 Å². The predicted octanol–water partition coefficient (Wildman–Crippen LogP) is 3.41. The zero-order valence-corrected chi connectivity index (χ0v) is 8.80. The van der Waals surface area contributed by atoms with E-state index in [4.69, 9.17) is 4.74 Å². The van der Waals surface area contributed by atoms with E-state index in [0.29, 0.717) is 6.61 Å². The molecule has 1 aliphatic carbocycles. The molecule has 0 spiro atoms. The summed E-state index contributed by atoms with van der Waals surface area (Å²) in [7, 11) is 0. The lowest BCUT2D eigenvalue weighted by molar-refractivity contribution is 0.0923. The maximum Gasteiger partial charge on any atom is 0.0644 e. The summed E-state index contributed by atoms with van der Waals surface area (Å²) in [5, 5.41) is 0. The topological polar surface area (TPSA) is 9.23 Å². The third kappa shape index (κ3) is 3.95. The van der Waals surface area contributed by atoms with Crippen molar-refractivity contribution >= 4 is 0 Å². The molecule has 0 heterocycles. The lowest BCUT2D eigenvalue weighted by atomic mass is 9.81. The SMILES string of the molecule is C=CCOCC(C)C1CCCCC1. The molecule has 76 valence electrons. The van der Waals surface area contributed by atoms with E-state index in [1.165, 1.54) is 32.1 Å². The number of hydrogen-bond acceptors (Lipinski definition) is 1. The van der Waals surface area contributed by atoms with Crippen molar-refractivity contribution in [3.8, 4) is 0 Å². The van der Waals surface area contributed by atoms with Crippen molar-refractivity contribution in [1.29, 1.82) is 0 Å². The van der Waals surface area contributed by atoms with Gasteiger partial charge in [0.25, 0.3) is 0 Å². The molecule has 1 nitrogen and oxygen atoms in total. The van der Waals surface area contributed by atoms with Crippen molar-refractivity contribution in [2.45, 2.75) is 39.0 Å². The summed E-state index contributed by atoms with van der Waals surface area (Å²) in [4.78, 5) is 0. The van der Waals surface area contributed by atoms with Crippen LogP contribution in [0.4, 0.5) is 0 Å². The van der Waals surface area contributed by atoms with Crippen LogP contribution in [0, 0.1) is 11.8 Å². The second-order valence-corrected chi connectivity index (χ2v) is 4.20. The van der Waals surface area contributed by atoms with Crippen LogP contribution >= 0.6 is 0 Å². The van der Waals surface area contributed by atoms with Gasteiger partial charge in [-0.15, -0.1) is 6.58 Å². The Hall–Kier alpha value is -0.300. The van der Waals surface area contributed by atoms with E-state index in [-0.39, 0.29) is 0 Å². The molecule has 0 radical (unpaired) electrons. The van der Waals surface area contributed by atoms with Gasteiger partial charge in [-0.25, -0.2) is 0 Å². The van der Waals surface area contributed by atoms with Crippen LogP contribution in [0.5, 0.6) is 0 Å². The molecule has 0 aromatic heterocycles. The monoisotopic (exact) mass is 182 g/mol. The largest absolute Gasteiger partial charge is 0.377 e. The van der Waals surface area contributed by atoms with Gasteiger partial charge in [0.2, 0.25) is 0 Å². The predicted molar refractivity (Wildman–Crippen MR) is 56.8 cm³/mol. The van der Waals surface area contributed by atoms with Crippen molar-refractivity contribution in [2.75, 3.05) is 13.2 Å². The minimum atomic E-state index is 0.705. The van der Waals surface area contributed by atoms with Crippen molar-refractivity contribution in [3.05, 3.63) is 12.7 Å². The van der Waals surface area contributed by atoms with Gasteiger partial charge in [0.05, 0.1) is 6.61 Å². The molecule has 0 bridgehead atoms. The summed E-state index contributed by atoms with van der Waals surface area (Å²) >= 11 is 0.